The van der Waals surface area contributed by atoms with Crippen LogP contribution in [0.3, 0.4) is 0 Å². The molecule has 1 aliphatic rings. The van der Waals surface area contributed by atoms with Crippen LogP contribution >= 0.6 is 11.8 Å². The van der Waals surface area contributed by atoms with E-state index < -0.39 is 0 Å². The molecule has 0 radical (unpaired) electrons. The van der Waals surface area contributed by atoms with Crippen LogP contribution in [0.4, 0.5) is 4.79 Å². The van der Waals surface area contributed by atoms with E-state index >= 15 is 0 Å². The van der Waals surface area contributed by atoms with Gasteiger partial charge in [-0.1, -0.05) is 42.5 Å². The molecule has 4 nitrogen and oxygen atoms in total. The fraction of sp³-hybridized carbons (Fsp3) is 0.450. The van der Waals surface area contributed by atoms with Crippen molar-refractivity contribution in [3.05, 3.63) is 48.0 Å². The highest BCUT2D eigenvalue weighted by molar-refractivity contribution is 7.98. The zero-order chi connectivity index (χ0) is 17.5. The molecule has 0 bridgehead atoms. The lowest BCUT2D eigenvalue weighted by Gasteiger charge is -2.26. The van der Waals surface area contributed by atoms with E-state index in [1.54, 1.807) is 0 Å². The van der Waals surface area contributed by atoms with E-state index in [4.69, 9.17) is 0 Å². The third kappa shape index (κ3) is 5.38. The first-order chi connectivity index (χ1) is 12.2. The molecule has 0 aromatic heterocycles. The molecule has 25 heavy (non-hydrogen) atoms. The number of hydrogen-bond donors (Lipinski definition) is 3. The van der Waals surface area contributed by atoms with Gasteiger partial charge in [0.1, 0.15) is 0 Å². The number of aliphatic hydroxyl groups is 1. The number of benzene rings is 2. The Morgan fingerprint density at radius 2 is 1.84 bits per heavy atom. The van der Waals surface area contributed by atoms with E-state index in [1.807, 2.05) is 11.8 Å². The Balaban J connectivity index is 1.35. The van der Waals surface area contributed by atoms with E-state index in [9.17, 15) is 9.90 Å². The highest BCUT2D eigenvalue weighted by atomic mass is 32.2. The standard InChI is InChI=1S/C20H26N2O2S/c23-18-10-8-17(9-11-18)22-20(24)21-12-13-25-14-16-6-3-5-15-4-1-2-7-19(15)16/h1-7,17-18,23H,8-14H2,(H2,21,22,24). The molecule has 2 aromatic carbocycles. The molecule has 1 saturated carbocycles. The Morgan fingerprint density at radius 3 is 2.68 bits per heavy atom. The molecule has 2 aromatic rings. The maximum Gasteiger partial charge on any atom is 0.315 e. The number of aliphatic hydroxyl groups excluding tert-OH is 1. The third-order valence-electron chi connectivity index (χ3n) is 4.70. The van der Waals surface area contributed by atoms with Gasteiger partial charge in [-0.25, -0.2) is 4.79 Å². The van der Waals surface area contributed by atoms with Crippen LogP contribution in [-0.2, 0) is 5.75 Å². The molecule has 2 amide bonds. The van der Waals surface area contributed by atoms with Crippen molar-refractivity contribution in [1.82, 2.24) is 10.6 Å². The summed E-state index contributed by atoms with van der Waals surface area (Å²) >= 11 is 1.83. The second kappa shape index (κ2) is 9.11. The van der Waals surface area contributed by atoms with Crippen molar-refractivity contribution in [3.63, 3.8) is 0 Å². The first kappa shape index (κ1) is 18.1. The summed E-state index contributed by atoms with van der Waals surface area (Å²) in [5, 5.41) is 18.0. The van der Waals surface area contributed by atoms with E-state index in [1.165, 1.54) is 16.3 Å². The molecule has 1 fully saturated rings. The molecular weight excluding hydrogens is 332 g/mol. The molecule has 3 rings (SSSR count). The summed E-state index contributed by atoms with van der Waals surface area (Å²) in [6.07, 6.45) is 3.11. The summed E-state index contributed by atoms with van der Waals surface area (Å²) in [5.41, 5.74) is 1.34. The van der Waals surface area contributed by atoms with Crippen molar-refractivity contribution in [2.45, 2.75) is 43.6 Å². The molecule has 0 spiro atoms. The van der Waals surface area contributed by atoms with Gasteiger partial charge in [-0.05, 0) is 42.0 Å². The minimum Gasteiger partial charge on any atom is -0.393 e. The zero-order valence-corrected chi connectivity index (χ0v) is 15.2. The number of carbonyl (C=O) groups is 1. The van der Waals surface area contributed by atoms with Gasteiger partial charge in [0.15, 0.2) is 0 Å². The summed E-state index contributed by atoms with van der Waals surface area (Å²) in [5.74, 6) is 1.84. The fourth-order valence-electron chi connectivity index (χ4n) is 3.29. The molecule has 5 heteroatoms. The van der Waals surface area contributed by atoms with E-state index in [0.29, 0.717) is 6.54 Å². The second-order valence-corrected chi connectivity index (χ2v) is 7.70. The van der Waals surface area contributed by atoms with Crippen LogP contribution in [0.2, 0.25) is 0 Å². The maximum atomic E-state index is 11.9. The molecule has 0 aliphatic heterocycles. The van der Waals surface area contributed by atoms with Gasteiger partial charge >= 0.3 is 6.03 Å². The minimum atomic E-state index is -0.188. The maximum absolute atomic E-state index is 11.9. The van der Waals surface area contributed by atoms with Gasteiger partial charge in [0.25, 0.3) is 0 Å². The van der Waals surface area contributed by atoms with Crippen LogP contribution in [-0.4, -0.2) is 35.6 Å². The number of carbonyl (C=O) groups excluding carboxylic acids is 1. The van der Waals surface area contributed by atoms with Crippen LogP contribution in [0.5, 0.6) is 0 Å². The summed E-state index contributed by atoms with van der Waals surface area (Å²) in [7, 11) is 0. The van der Waals surface area contributed by atoms with Gasteiger partial charge < -0.3 is 15.7 Å². The van der Waals surface area contributed by atoms with Crippen molar-refractivity contribution in [2.75, 3.05) is 12.3 Å². The number of nitrogens with one attached hydrogen (secondary N) is 2. The molecule has 0 unspecified atom stereocenters. The highest BCUT2D eigenvalue weighted by Gasteiger charge is 2.20. The minimum absolute atomic E-state index is 0.0906. The van der Waals surface area contributed by atoms with Crippen molar-refractivity contribution in [2.24, 2.45) is 0 Å². The highest BCUT2D eigenvalue weighted by Crippen LogP contribution is 2.22. The van der Waals surface area contributed by atoms with Crippen molar-refractivity contribution < 1.29 is 9.90 Å². The van der Waals surface area contributed by atoms with Crippen molar-refractivity contribution in [1.29, 1.82) is 0 Å². The monoisotopic (exact) mass is 358 g/mol. The first-order valence-corrected chi connectivity index (χ1v) is 10.1. The molecule has 0 saturated heterocycles. The van der Waals surface area contributed by atoms with Gasteiger partial charge in [-0.15, -0.1) is 0 Å². The number of hydrogen-bond acceptors (Lipinski definition) is 3. The molecule has 134 valence electrons. The normalized spacial score (nSPS) is 20.4. The quantitative estimate of drug-likeness (QED) is 0.691. The van der Waals surface area contributed by atoms with Gasteiger partial charge in [0, 0.05) is 24.1 Å². The average molecular weight is 359 g/mol. The average Bonchev–Trinajstić information content (AvgIpc) is 2.63. The Morgan fingerprint density at radius 1 is 1.08 bits per heavy atom. The lowest BCUT2D eigenvalue weighted by molar-refractivity contribution is 0.117. The molecule has 3 N–H and O–H groups in total. The zero-order valence-electron chi connectivity index (χ0n) is 14.4. The van der Waals surface area contributed by atoms with Gasteiger partial charge in [-0.3, -0.25) is 0 Å². The number of amides is 2. The predicted molar refractivity (Wildman–Crippen MR) is 105 cm³/mol. The first-order valence-electron chi connectivity index (χ1n) is 8.99. The van der Waals surface area contributed by atoms with E-state index in [-0.39, 0.29) is 18.2 Å². The Kier molecular flexibility index (Phi) is 6.59. The lowest BCUT2D eigenvalue weighted by atomic mass is 9.93. The number of urea groups is 1. The van der Waals surface area contributed by atoms with E-state index in [2.05, 4.69) is 53.1 Å². The second-order valence-electron chi connectivity index (χ2n) is 6.60. The fourth-order valence-corrected chi connectivity index (χ4v) is 4.16. The Hall–Kier alpha value is -1.72. The smallest absolute Gasteiger partial charge is 0.315 e. The van der Waals surface area contributed by atoms with Crippen LogP contribution in [0.15, 0.2) is 42.5 Å². The summed E-state index contributed by atoms with van der Waals surface area (Å²) < 4.78 is 0. The summed E-state index contributed by atoms with van der Waals surface area (Å²) in [4.78, 5) is 11.9. The molecule has 0 atom stereocenters. The van der Waals surface area contributed by atoms with Gasteiger partial charge in [0.05, 0.1) is 6.10 Å². The summed E-state index contributed by atoms with van der Waals surface area (Å²) in [6, 6.07) is 15.0. The van der Waals surface area contributed by atoms with E-state index in [0.717, 1.165) is 37.2 Å². The number of thioether (sulfide) groups is 1. The number of fused-ring (bicyclic) bond motifs is 1. The predicted octanol–water partition coefficient (Wildman–Crippen LogP) is 3.68. The van der Waals surface area contributed by atoms with Crippen LogP contribution in [0.1, 0.15) is 31.2 Å². The van der Waals surface area contributed by atoms with Gasteiger partial charge in [0.2, 0.25) is 0 Å². The van der Waals surface area contributed by atoms with Gasteiger partial charge in [-0.2, -0.15) is 11.8 Å². The lowest BCUT2D eigenvalue weighted by Crippen LogP contribution is -2.44. The van der Waals surface area contributed by atoms with Crippen LogP contribution < -0.4 is 10.6 Å². The number of rotatable bonds is 6. The molecular formula is C20H26N2O2S. The van der Waals surface area contributed by atoms with Crippen molar-refractivity contribution in [3.8, 4) is 0 Å². The SMILES string of the molecule is O=C(NCCSCc1cccc2ccccc12)NC1CCC(O)CC1. The molecule has 0 heterocycles. The summed E-state index contributed by atoms with van der Waals surface area (Å²) in [6.45, 7) is 0.663. The topological polar surface area (TPSA) is 61.4 Å². The third-order valence-corrected chi connectivity index (χ3v) is 5.71. The molecule has 1 aliphatic carbocycles. The largest absolute Gasteiger partial charge is 0.393 e. The van der Waals surface area contributed by atoms with Crippen LogP contribution in [0.25, 0.3) is 10.8 Å². The Bertz CT molecular complexity index is 694. The van der Waals surface area contributed by atoms with Crippen LogP contribution in [0, 0.1) is 0 Å². The Labute approximate surface area is 153 Å². The van der Waals surface area contributed by atoms with Crippen molar-refractivity contribution >= 4 is 28.6 Å².